The molecule has 0 bridgehead atoms. The van der Waals surface area contributed by atoms with E-state index in [-0.39, 0.29) is 30.5 Å². The molecule has 0 amide bonds. The molecule has 0 heterocycles. The molecule has 0 radical (unpaired) electrons. The molecule has 0 aromatic carbocycles. The predicted molar refractivity (Wildman–Crippen MR) is 39.7 cm³/mol. The van der Waals surface area contributed by atoms with Crippen molar-refractivity contribution in [1.29, 1.82) is 0 Å². The fourth-order valence-electron chi connectivity index (χ4n) is 0.385. The van der Waals surface area contributed by atoms with Crippen LogP contribution in [0, 0.1) is 0 Å². The molecule has 0 atom stereocenters. The summed E-state index contributed by atoms with van der Waals surface area (Å²) in [5.74, 6) is 0. The lowest BCUT2D eigenvalue weighted by Crippen LogP contribution is -2.36. The van der Waals surface area contributed by atoms with E-state index in [0.717, 1.165) is 12.8 Å². The van der Waals surface area contributed by atoms with E-state index in [4.69, 9.17) is 5.73 Å². The Hall–Kier alpha value is 0.500. The van der Waals surface area contributed by atoms with E-state index in [2.05, 4.69) is 5.32 Å². The maximum Gasteiger partial charge on any atom is 0.0661 e. The zero-order chi connectivity index (χ0) is 4.62. The van der Waals surface area contributed by atoms with E-state index in [1.165, 1.54) is 0 Å². The van der Waals surface area contributed by atoms with Crippen molar-refractivity contribution in [1.82, 2.24) is 5.32 Å². The van der Waals surface area contributed by atoms with Crippen LogP contribution in [-0.2, 0) is 0 Å². The normalized spacial score (nSPS) is 20.2. The second kappa shape index (κ2) is 3.51. The summed E-state index contributed by atoms with van der Waals surface area (Å²) in [6.07, 6.45) is 2.28. The smallest absolute Gasteiger partial charge is 0.0661 e. The molecule has 3 N–H and O–H groups in total. The van der Waals surface area contributed by atoms with Crippen LogP contribution in [-0.4, -0.2) is 12.7 Å². The van der Waals surface area contributed by atoms with Gasteiger partial charge in [-0.25, -0.2) is 0 Å². The van der Waals surface area contributed by atoms with Gasteiger partial charge in [-0.2, -0.15) is 0 Å². The Labute approximate surface area is 62.0 Å². The molecule has 0 unspecified atom stereocenters. The third-order valence-corrected chi connectivity index (χ3v) is 1.29. The average Bonchev–Trinajstić information content (AvgIpc) is 2.22. The molecule has 0 aromatic heterocycles. The molecule has 1 aliphatic carbocycles. The second-order valence-electron chi connectivity index (χ2n) is 1.91. The highest BCUT2D eigenvalue weighted by atomic mass is 35.5. The van der Waals surface area contributed by atoms with E-state index in [0.29, 0.717) is 0 Å². The molecule has 1 fully saturated rings. The van der Waals surface area contributed by atoms with Gasteiger partial charge in [-0.1, -0.05) is 0 Å². The van der Waals surface area contributed by atoms with Gasteiger partial charge in [0, 0.05) is 0 Å². The standard InChI is InChI=1S/C4H10N2.2ClH/c1-6-4(5)2-3-4;;/h6H,2-3,5H2,1H3;2*1H. The molecule has 2 nitrogen and oxygen atoms in total. The number of nitrogens with two attached hydrogens (primary N) is 1. The summed E-state index contributed by atoms with van der Waals surface area (Å²) in [5, 5.41) is 2.99. The molecule has 0 spiro atoms. The number of hydrogen-bond acceptors (Lipinski definition) is 2. The van der Waals surface area contributed by atoms with Crippen LogP contribution < -0.4 is 11.1 Å². The van der Waals surface area contributed by atoms with Gasteiger partial charge in [0.25, 0.3) is 0 Å². The molecule has 0 aromatic rings. The van der Waals surface area contributed by atoms with Crippen LogP contribution in [0.15, 0.2) is 0 Å². The van der Waals surface area contributed by atoms with Crippen molar-refractivity contribution in [3.8, 4) is 0 Å². The Morgan fingerprint density at radius 2 is 1.75 bits per heavy atom. The quantitative estimate of drug-likeness (QED) is 0.546. The monoisotopic (exact) mass is 158 g/mol. The minimum absolute atomic E-state index is 0. The van der Waals surface area contributed by atoms with Gasteiger partial charge in [0.2, 0.25) is 0 Å². The van der Waals surface area contributed by atoms with Crippen LogP contribution in [0.2, 0.25) is 0 Å². The summed E-state index contributed by atoms with van der Waals surface area (Å²) in [5.41, 5.74) is 5.58. The van der Waals surface area contributed by atoms with Crippen LogP contribution in [0.5, 0.6) is 0 Å². The minimum Gasteiger partial charge on any atom is -0.313 e. The van der Waals surface area contributed by atoms with E-state index >= 15 is 0 Å². The minimum atomic E-state index is 0. The molecule has 4 heteroatoms. The zero-order valence-electron chi connectivity index (χ0n) is 4.81. The first-order chi connectivity index (χ1) is 2.77. The molecular weight excluding hydrogens is 147 g/mol. The third-order valence-electron chi connectivity index (χ3n) is 1.29. The lowest BCUT2D eigenvalue weighted by atomic mass is 10.5. The van der Waals surface area contributed by atoms with Gasteiger partial charge in [0.05, 0.1) is 5.66 Å². The largest absolute Gasteiger partial charge is 0.313 e. The van der Waals surface area contributed by atoms with Crippen molar-refractivity contribution in [2.45, 2.75) is 18.5 Å². The maximum atomic E-state index is 5.53. The van der Waals surface area contributed by atoms with Crippen molar-refractivity contribution < 1.29 is 0 Å². The summed E-state index contributed by atoms with van der Waals surface area (Å²) < 4.78 is 0. The van der Waals surface area contributed by atoms with Gasteiger partial charge < -0.3 is 11.1 Å². The van der Waals surface area contributed by atoms with Crippen molar-refractivity contribution in [3.05, 3.63) is 0 Å². The van der Waals surface area contributed by atoms with Gasteiger partial charge in [-0.15, -0.1) is 24.8 Å². The highest BCUT2D eigenvalue weighted by molar-refractivity contribution is 5.85. The van der Waals surface area contributed by atoms with Crippen molar-refractivity contribution in [3.63, 3.8) is 0 Å². The van der Waals surface area contributed by atoms with Gasteiger partial charge >= 0.3 is 0 Å². The first-order valence-corrected chi connectivity index (χ1v) is 2.25. The molecule has 8 heavy (non-hydrogen) atoms. The Bertz CT molecular complexity index is 63.1. The van der Waals surface area contributed by atoms with Crippen LogP contribution in [0.3, 0.4) is 0 Å². The fraction of sp³-hybridized carbons (Fsp3) is 1.00. The third kappa shape index (κ3) is 2.72. The van der Waals surface area contributed by atoms with E-state index in [1.807, 2.05) is 7.05 Å². The van der Waals surface area contributed by atoms with E-state index in [1.54, 1.807) is 0 Å². The Balaban J connectivity index is 0. The zero-order valence-corrected chi connectivity index (χ0v) is 6.44. The van der Waals surface area contributed by atoms with Gasteiger partial charge in [0.15, 0.2) is 0 Å². The van der Waals surface area contributed by atoms with Crippen molar-refractivity contribution >= 4 is 24.8 Å². The highest BCUT2D eigenvalue weighted by Crippen LogP contribution is 2.27. The first kappa shape index (κ1) is 11.3. The Kier molecular flexibility index (Phi) is 4.97. The van der Waals surface area contributed by atoms with Crippen LogP contribution in [0.4, 0.5) is 0 Å². The predicted octanol–water partition coefficient (Wildman–Crippen LogP) is 0.498. The molecule has 1 rings (SSSR count). The van der Waals surface area contributed by atoms with Gasteiger partial charge in [0.1, 0.15) is 0 Å². The number of halogens is 2. The molecule has 1 aliphatic rings. The molecular formula is C4H12Cl2N2. The average molecular weight is 159 g/mol. The summed E-state index contributed by atoms with van der Waals surface area (Å²) in [6.45, 7) is 0. The maximum absolute atomic E-state index is 5.53. The Morgan fingerprint density at radius 1 is 1.38 bits per heavy atom. The lowest BCUT2D eigenvalue weighted by molar-refractivity contribution is 0.577. The Morgan fingerprint density at radius 3 is 1.75 bits per heavy atom. The number of nitrogens with one attached hydrogen (secondary N) is 1. The number of hydrogen-bond donors (Lipinski definition) is 2. The molecule has 1 saturated carbocycles. The lowest BCUT2D eigenvalue weighted by Gasteiger charge is -2.01. The molecule has 0 aliphatic heterocycles. The second-order valence-corrected chi connectivity index (χ2v) is 1.91. The van der Waals surface area contributed by atoms with Gasteiger partial charge in [-0.05, 0) is 19.9 Å². The highest BCUT2D eigenvalue weighted by Gasteiger charge is 2.35. The van der Waals surface area contributed by atoms with Crippen molar-refractivity contribution in [2.75, 3.05) is 7.05 Å². The molecule has 0 saturated heterocycles. The fourth-order valence-corrected chi connectivity index (χ4v) is 0.385. The van der Waals surface area contributed by atoms with Crippen LogP contribution in [0.25, 0.3) is 0 Å². The summed E-state index contributed by atoms with van der Waals surface area (Å²) in [7, 11) is 1.90. The van der Waals surface area contributed by atoms with Crippen LogP contribution >= 0.6 is 24.8 Å². The SMILES string of the molecule is CNC1(N)CC1.Cl.Cl. The first-order valence-electron chi connectivity index (χ1n) is 2.25. The van der Waals surface area contributed by atoms with E-state index in [9.17, 15) is 0 Å². The topological polar surface area (TPSA) is 38.0 Å². The van der Waals surface area contributed by atoms with Crippen molar-refractivity contribution in [2.24, 2.45) is 5.73 Å². The van der Waals surface area contributed by atoms with Gasteiger partial charge in [-0.3, -0.25) is 0 Å². The number of rotatable bonds is 1. The van der Waals surface area contributed by atoms with E-state index < -0.39 is 0 Å². The molecule has 52 valence electrons. The summed E-state index contributed by atoms with van der Waals surface area (Å²) >= 11 is 0. The summed E-state index contributed by atoms with van der Waals surface area (Å²) in [6, 6.07) is 0. The summed E-state index contributed by atoms with van der Waals surface area (Å²) in [4.78, 5) is 0. The van der Waals surface area contributed by atoms with Crippen LogP contribution in [0.1, 0.15) is 12.8 Å².